The summed E-state index contributed by atoms with van der Waals surface area (Å²) in [4.78, 5) is 24.9. The topological polar surface area (TPSA) is 66.8 Å². The van der Waals surface area contributed by atoms with Gasteiger partial charge in [-0.3, -0.25) is 9.59 Å². The molecule has 1 fully saturated rings. The van der Waals surface area contributed by atoms with Crippen LogP contribution in [0.4, 0.5) is 0 Å². The molecule has 2 aliphatic heterocycles. The van der Waals surface area contributed by atoms with E-state index in [-0.39, 0.29) is 11.8 Å². The Kier molecular flexibility index (Phi) is 3.12. The highest BCUT2D eigenvalue weighted by Gasteiger charge is 2.37. The molecular formula is C15H17NO4. The van der Waals surface area contributed by atoms with E-state index in [0.717, 1.165) is 17.7 Å². The molecule has 0 aliphatic carbocycles. The Bertz CT molecular complexity index is 563. The molecule has 1 atom stereocenters. The van der Waals surface area contributed by atoms with Crippen LogP contribution in [0, 0.1) is 11.8 Å². The summed E-state index contributed by atoms with van der Waals surface area (Å²) >= 11 is 0. The summed E-state index contributed by atoms with van der Waals surface area (Å²) in [5, 5.41) is 8.95. The minimum absolute atomic E-state index is 0.0199. The van der Waals surface area contributed by atoms with Gasteiger partial charge in [0.2, 0.25) is 0 Å². The number of carboxylic acids is 1. The van der Waals surface area contributed by atoms with Crippen molar-refractivity contribution in [1.82, 2.24) is 4.90 Å². The lowest BCUT2D eigenvalue weighted by atomic mass is 9.86. The summed E-state index contributed by atoms with van der Waals surface area (Å²) in [6, 6.07) is 5.51. The number of ether oxygens (including phenoxy) is 1. The van der Waals surface area contributed by atoms with Crippen LogP contribution in [0.25, 0.3) is 0 Å². The van der Waals surface area contributed by atoms with Crippen molar-refractivity contribution in [3.63, 3.8) is 0 Å². The molecule has 1 aromatic rings. The Morgan fingerprint density at radius 1 is 1.40 bits per heavy atom. The van der Waals surface area contributed by atoms with Crippen LogP contribution < -0.4 is 4.74 Å². The number of hydrogen-bond acceptors (Lipinski definition) is 3. The monoisotopic (exact) mass is 275 g/mol. The normalized spacial score (nSPS) is 18.9. The molecule has 0 saturated carbocycles. The molecule has 2 heterocycles. The van der Waals surface area contributed by atoms with Crippen molar-refractivity contribution < 1.29 is 19.4 Å². The molecule has 1 amide bonds. The number of likely N-dealkylation sites (tertiary alicyclic amines) is 1. The fraction of sp³-hybridized carbons (Fsp3) is 0.467. The Morgan fingerprint density at radius 3 is 2.85 bits per heavy atom. The summed E-state index contributed by atoms with van der Waals surface area (Å²) < 4.78 is 5.42. The van der Waals surface area contributed by atoms with Crippen LogP contribution in [0.5, 0.6) is 5.75 Å². The number of rotatable bonds is 3. The highest BCUT2D eigenvalue weighted by molar-refractivity contribution is 5.95. The Balaban J connectivity index is 1.65. The highest BCUT2D eigenvalue weighted by atomic mass is 16.5. The molecule has 0 bridgehead atoms. The van der Waals surface area contributed by atoms with Gasteiger partial charge in [-0.05, 0) is 23.8 Å². The summed E-state index contributed by atoms with van der Waals surface area (Å²) in [5.74, 6) is -0.283. The average molecular weight is 275 g/mol. The Hall–Kier alpha value is -2.04. The fourth-order valence-electron chi connectivity index (χ4n) is 2.70. The Morgan fingerprint density at radius 2 is 2.15 bits per heavy atom. The van der Waals surface area contributed by atoms with Crippen LogP contribution in [-0.4, -0.2) is 41.6 Å². The van der Waals surface area contributed by atoms with Gasteiger partial charge in [-0.1, -0.05) is 6.92 Å². The second-order valence-electron chi connectivity index (χ2n) is 5.52. The van der Waals surface area contributed by atoms with Crippen molar-refractivity contribution >= 4 is 11.9 Å². The first-order chi connectivity index (χ1) is 9.56. The lowest BCUT2D eigenvalue weighted by molar-refractivity contribution is -0.144. The van der Waals surface area contributed by atoms with Crippen LogP contribution in [0.15, 0.2) is 18.2 Å². The molecule has 1 aromatic carbocycles. The van der Waals surface area contributed by atoms with Crippen molar-refractivity contribution in [3.8, 4) is 5.75 Å². The number of fused-ring (bicyclic) bond motifs is 1. The summed E-state index contributed by atoms with van der Waals surface area (Å²) in [6.07, 6.45) is 0.842. The summed E-state index contributed by atoms with van der Waals surface area (Å²) in [6.45, 7) is 3.43. The van der Waals surface area contributed by atoms with Gasteiger partial charge in [-0.15, -0.1) is 0 Å². The van der Waals surface area contributed by atoms with Crippen LogP contribution in [0.3, 0.4) is 0 Å². The van der Waals surface area contributed by atoms with Gasteiger partial charge in [0, 0.05) is 31.0 Å². The van der Waals surface area contributed by atoms with E-state index in [1.165, 1.54) is 0 Å². The highest BCUT2D eigenvalue weighted by Crippen LogP contribution is 2.29. The van der Waals surface area contributed by atoms with E-state index >= 15 is 0 Å². The van der Waals surface area contributed by atoms with Gasteiger partial charge in [0.25, 0.3) is 5.91 Å². The first-order valence-electron chi connectivity index (χ1n) is 6.84. The van der Waals surface area contributed by atoms with E-state index in [1.54, 1.807) is 17.9 Å². The molecule has 0 aromatic heterocycles. The molecule has 106 valence electrons. The quantitative estimate of drug-likeness (QED) is 0.905. The van der Waals surface area contributed by atoms with E-state index in [2.05, 4.69) is 0 Å². The molecule has 0 spiro atoms. The number of carbonyl (C=O) groups excluding carboxylic acids is 1. The van der Waals surface area contributed by atoms with Crippen LogP contribution >= 0.6 is 0 Å². The third kappa shape index (κ3) is 2.13. The Labute approximate surface area is 117 Å². The van der Waals surface area contributed by atoms with Crippen LogP contribution in [-0.2, 0) is 11.2 Å². The van der Waals surface area contributed by atoms with Crippen molar-refractivity contribution in [2.75, 3.05) is 19.7 Å². The third-order valence-electron chi connectivity index (χ3n) is 4.23. The largest absolute Gasteiger partial charge is 0.493 e. The van der Waals surface area contributed by atoms with Gasteiger partial charge in [0.15, 0.2) is 0 Å². The van der Waals surface area contributed by atoms with Gasteiger partial charge in [0.1, 0.15) is 5.75 Å². The van der Waals surface area contributed by atoms with E-state index in [4.69, 9.17) is 9.84 Å². The minimum Gasteiger partial charge on any atom is -0.493 e. The van der Waals surface area contributed by atoms with Gasteiger partial charge in [-0.25, -0.2) is 0 Å². The van der Waals surface area contributed by atoms with Gasteiger partial charge < -0.3 is 14.7 Å². The zero-order valence-electron chi connectivity index (χ0n) is 11.3. The molecule has 5 nitrogen and oxygen atoms in total. The lowest BCUT2D eigenvalue weighted by Gasteiger charge is -2.41. The van der Waals surface area contributed by atoms with Crippen molar-refractivity contribution in [2.45, 2.75) is 13.3 Å². The van der Waals surface area contributed by atoms with Gasteiger partial charge in [-0.2, -0.15) is 0 Å². The number of amides is 1. The lowest BCUT2D eigenvalue weighted by Crippen LogP contribution is -2.53. The molecule has 1 N–H and O–H groups in total. The van der Waals surface area contributed by atoms with Gasteiger partial charge >= 0.3 is 5.97 Å². The molecule has 0 radical (unpaired) electrons. The van der Waals surface area contributed by atoms with Crippen molar-refractivity contribution in [3.05, 3.63) is 29.3 Å². The number of carboxylic acid groups (broad SMARTS) is 1. The molecule has 5 heteroatoms. The maximum atomic E-state index is 12.3. The van der Waals surface area contributed by atoms with E-state index in [1.807, 2.05) is 12.1 Å². The number of hydrogen-bond donors (Lipinski definition) is 1. The van der Waals surface area contributed by atoms with Crippen LogP contribution in [0.1, 0.15) is 22.8 Å². The molecule has 2 aliphatic rings. The fourth-order valence-corrected chi connectivity index (χ4v) is 2.70. The summed E-state index contributed by atoms with van der Waals surface area (Å²) in [7, 11) is 0. The SMILES string of the molecule is CC(C(=O)O)C1CN(C(=O)c2ccc3c(c2)CCO3)C1. The second-order valence-corrected chi connectivity index (χ2v) is 5.52. The predicted octanol–water partition coefficient (Wildman–Crippen LogP) is 1.41. The number of nitrogens with zero attached hydrogens (tertiary/aromatic N) is 1. The average Bonchev–Trinajstić information content (AvgIpc) is 2.83. The smallest absolute Gasteiger partial charge is 0.306 e. The number of carbonyl (C=O) groups is 2. The predicted molar refractivity (Wildman–Crippen MR) is 71.8 cm³/mol. The molecule has 20 heavy (non-hydrogen) atoms. The van der Waals surface area contributed by atoms with E-state index in [0.29, 0.717) is 25.3 Å². The number of aliphatic carboxylic acids is 1. The molecule has 1 unspecified atom stereocenters. The standard InChI is InChI=1S/C15H17NO4/c1-9(15(18)19)12-7-16(8-12)14(17)11-2-3-13-10(6-11)4-5-20-13/h2-3,6,9,12H,4-5,7-8H2,1H3,(H,18,19). The third-order valence-corrected chi connectivity index (χ3v) is 4.23. The minimum atomic E-state index is -0.795. The number of benzene rings is 1. The van der Waals surface area contributed by atoms with E-state index < -0.39 is 11.9 Å². The van der Waals surface area contributed by atoms with Crippen molar-refractivity contribution in [1.29, 1.82) is 0 Å². The zero-order chi connectivity index (χ0) is 14.3. The van der Waals surface area contributed by atoms with E-state index in [9.17, 15) is 9.59 Å². The first-order valence-corrected chi connectivity index (χ1v) is 6.84. The molecular weight excluding hydrogens is 258 g/mol. The maximum absolute atomic E-state index is 12.3. The molecule has 1 saturated heterocycles. The molecule has 3 rings (SSSR count). The van der Waals surface area contributed by atoms with Gasteiger partial charge in [0.05, 0.1) is 12.5 Å². The first kappa shape index (κ1) is 13.0. The van der Waals surface area contributed by atoms with Crippen molar-refractivity contribution in [2.24, 2.45) is 11.8 Å². The second kappa shape index (κ2) is 4.81. The maximum Gasteiger partial charge on any atom is 0.306 e. The van der Waals surface area contributed by atoms with Crippen LogP contribution in [0.2, 0.25) is 0 Å². The summed E-state index contributed by atoms with van der Waals surface area (Å²) in [5.41, 5.74) is 1.74. The zero-order valence-corrected chi connectivity index (χ0v) is 11.3.